The van der Waals surface area contributed by atoms with Gasteiger partial charge in [0.05, 0.1) is 12.8 Å². The van der Waals surface area contributed by atoms with Crippen LogP contribution in [0.25, 0.3) is 5.69 Å². The van der Waals surface area contributed by atoms with Crippen molar-refractivity contribution in [3.05, 3.63) is 36.7 Å². The van der Waals surface area contributed by atoms with E-state index in [0.29, 0.717) is 0 Å². The summed E-state index contributed by atoms with van der Waals surface area (Å²) in [5.41, 5.74) is 0.969. The van der Waals surface area contributed by atoms with Gasteiger partial charge in [0.15, 0.2) is 0 Å². The van der Waals surface area contributed by atoms with E-state index in [2.05, 4.69) is 10.3 Å². The van der Waals surface area contributed by atoms with Gasteiger partial charge in [0.25, 0.3) is 0 Å². The van der Waals surface area contributed by atoms with E-state index < -0.39 is 0 Å². The summed E-state index contributed by atoms with van der Waals surface area (Å²) >= 11 is 0. The Balaban J connectivity index is 2.14. The summed E-state index contributed by atoms with van der Waals surface area (Å²) in [7, 11) is 3.37. The molecule has 0 bridgehead atoms. The molecule has 5 heteroatoms. The van der Waals surface area contributed by atoms with Crippen LogP contribution in [0.5, 0.6) is 5.75 Å². The third kappa shape index (κ3) is 3.26. The second-order valence-corrected chi connectivity index (χ2v) is 4.07. The zero-order chi connectivity index (χ0) is 13.5. The van der Waals surface area contributed by atoms with Crippen molar-refractivity contribution in [2.75, 3.05) is 32.7 Å². The summed E-state index contributed by atoms with van der Waals surface area (Å²) in [5, 5.41) is 3.29. The number of hydrogen-bond donors (Lipinski definition) is 1. The molecule has 19 heavy (non-hydrogen) atoms. The summed E-state index contributed by atoms with van der Waals surface area (Å²) in [4.78, 5) is 4.32. The Morgan fingerprint density at radius 1 is 1.26 bits per heavy atom. The highest BCUT2D eigenvalue weighted by Gasteiger charge is 2.08. The van der Waals surface area contributed by atoms with E-state index >= 15 is 0 Å². The predicted octanol–water partition coefficient (Wildman–Crippen LogP) is 2.33. The van der Waals surface area contributed by atoms with Gasteiger partial charge in [-0.05, 0) is 18.6 Å². The SMILES string of the molecule is COCCCNc1nccn1-c1ccccc1OC. The minimum absolute atomic E-state index is 0.738. The first-order valence-electron chi connectivity index (χ1n) is 6.26. The highest BCUT2D eigenvalue weighted by Crippen LogP contribution is 2.24. The second-order valence-electron chi connectivity index (χ2n) is 4.07. The highest BCUT2D eigenvalue weighted by molar-refractivity contribution is 5.51. The zero-order valence-corrected chi connectivity index (χ0v) is 11.3. The summed E-state index contributed by atoms with van der Waals surface area (Å²) in [6, 6.07) is 7.86. The van der Waals surface area contributed by atoms with E-state index in [1.165, 1.54) is 0 Å². The number of methoxy groups -OCH3 is 2. The second kappa shape index (κ2) is 6.80. The Hall–Kier alpha value is -2.01. The third-order valence-corrected chi connectivity index (χ3v) is 2.79. The van der Waals surface area contributed by atoms with Gasteiger partial charge in [0.2, 0.25) is 5.95 Å². The quantitative estimate of drug-likeness (QED) is 0.777. The van der Waals surface area contributed by atoms with Gasteiger partial charge in [0.1, 0.15) is 5.75 Å². The summed E-state index contributed by atoms with van der Waals surface area (Å²) < 4.78 is 12.4. The summed E-state index contributed by atoms with van der Waals surface area (Å²) in [6.07, 6.45) is 4.62. The van der Waals surface area contributed by atoms with Crippen molar-refractivity contribution in [2.45, 2.75) is 6.42 Å². The number of hydrogen-bond acceptors (Lipinski definition) is 4. The number of ether oxygens (including phenoxy) is 2. The van der Waals surface area contributed by atoms with Crippen LogP contribution in [-0.4, -0.2) is 36.9 Å². The van der Waals surface area contributed by atoms with Crippen LogP contribution in [-0.2, 0) is 4.74 Å². The first kappa shape index (κ1) is 13.4. The van der Waals surface area contributed by atoms with Gasteiger partial charge in [-0.2, -0.15) is 0 Å². The lowest BCUT2D eigenvalue weighted by Crippen LogP contribution is -2.09. The molecular formula is C14H19N3O2. The molecular weight excluding hydrogens is 242 g/mol. The molecule has 0 radical (unpaired) electrons. The van der Waals surface area contributed by atoms with Gasteiger partial charge >= 0.3 is 0 Å². The number of nitrogens with one attached hydrogen (secondary N) is 1. The minimum atomic E-state index is 0.738. The minimum Gasteiger partial charge on any atom is -0.495 e. The molecule has 2 rings (SSSR count). The molecule has 0 aliphatic rings. The predicted molar refractivity (Wildman–Crippen MR) is 75.1 cm³/mol. The van der Waals surface area contributed by atoms with Crippen LogP contribution < -0.4 is 10.1 Å². The standard InChI is InChI=1S/C14H19N3O2/c1-18-11-5-8-15-14-16-9-10-17(14)12-6-3-4-7-13(12)19-2/h3-4,6-7,9-10H,5,8,11H2,1-2H3,(H,15,16). The molecule has 0 saturated heterocycles. The lowest BCUT2D eigenvalue weighted by atomic mass is 10.3. The number of benzene rings is 1. The molecule has 0 spiro atoms. The van der Waals surface area contributed by atoms with Crippen LogP contribution in [0.2, 0.25) is 0 Å². The van der Waals surface area contributed by atoms with E-state index in [0.717, 1.165) is 37.0 Å². The van der Waals surface area contributed by atoms with Crippen molar-refractivity contribution < 1.29 is 9.47 Å². The maximum Gasteiger partial charge on any atom is 0.207 e. The van der Waals surface area contributed by atoms with E-state index in [9.17, 15) is 0 Å². The Morgan fingerprint density at radius 3 is 2.89 bits per heavy atom. The smallest absolute Gasteiger partial charge is 0.207 e. The van der Waals surface area contributed by atoms with Crippen molar-refractivity contribution in [3.8, 4) is 11.4 Å². The van der Waals surface area contributed by atoms with Gasteiger partial charge in [-0.15, -0.1) is 0 Å². The Labute approximate surface area is 113 Å². The Kier molecular flexibility index (Phi) is 4.80. The van der Waals surface area contributed by atoms with Crippen molar-refractivity contribution in [1.82, 2.24) is 9.55 Å². The molecule has 1 heterocycles. The maximum atomic E-state index is 5.37. The van der Waals surface area contributed by atoms with Gasteiger partial charge in [0, 0.05) is 32.7 Å². The summed E-state index contributed by atoms with van der Waals surface area (Å²) in [6.45, 7) is 1.56. The van der Waals surface area contributed by atoms with E-state index in [1.807, 2.05) is 35.0 Å². The first-order valence-corrected chi connectivity index (χ1v) is 6.26. The van der Waals surface area contributed by atoms with Crippen LogP contribution in [0.3, 0.4) is 0 Å². The average molecular weight is 261 g/mol. The average Bonchev–Trinajstić information content (AvgIpc) is 2.92. The molecule has 0 amide bonds. The molecule has 0 aliphatic heterocycles. The molecule has 5 nitrogen and oxygen atoms in total. The molecule has 0 aliphatic carbocycles. The normalized spacial score (nSPS) is 10.4. The molecule has 1 aromatic heterocycles. The van der Waals surface area contributed by atoms with Gasteiger partial charge < -0.3 is 14.8 Å². The molecule has 0 saturated carbocycles. The van der Waals surface area contributed by atoms with Crippen LogP contribution in [0, 0.1) is 0 Å². The first-order chi connectivity index (χ1) is 9.36. The molecule has 0 atom stereocenters. The molecule has 1 N–H and O–H groups in total. The number of para-hydroxylation sites is 2. The zero-order valence-electron chi connectivity index (χ0n) is 11.3. The highest BCUT2D eigenvalue weighted by atomic mass is 16.5. The van der Waals surface area contributed by atoms with E-state index in [4.69, 9.17) is 9.47 Å². The fraction of sp³-hybridized carbons (Fsp3) is 0.357. The van der Waals surface area contributed by atoms with Crippen LogP contribution in [0.1, 0.15) is 6.42 Å². The van der Waals surface area contributed by atoms with E-state index in [-0.39, 0.29) is 0 Å². The Bertz CT molecular complexity index is 511. The van der Waals surface area contributed by atoms with Crippen molar-refractivity contribution in [2.24, 2.45) is 0 Å². The van der Waals surface area contributed by atoms with Crippen LogP contribution >= 0.6 is 0 Å². The number of anilines is 1. The number of rotatable bonds is 7. The fourth-order valence-electron chi connectivity index (χ4n) is 1.87. The molecule has 2 aromatic rings. The number of nitrogens with zero attached hydrogens (tertiary/aromatic N) is 2. The van der Waals surface area contributed by atoms with Crippen molar-refractivity contribution in [1.29, 1.82) is 0 Å². The molecule has 0 unspecified atom stereocenters. The third-order valence-electron chi connectivity index (χ3n) is 2.79. The lowest BCUT2D eigenvalue weighted by molar-refractivity contribution is 0.197. The topological polar surface area (TPSA) is 48.3 Å². The maximum absolute atomic E-state index is 5.37. The van der Waals surface area contributed by atoms with Gasteiger partial charge in [-0.1, -0.05) is 12.1 Å². The van der Waals surface area contributed by atoms with E-state index in [1.54, 1.807) is 20.4 Å². The largest absolute Gasteiger partial charge is 0.495 e. The molecule has 102 valence electrons. The van der Waals surface area contributed by atoms with Gasteiger partial charge in [-0.25, -0.2) is 4.98 Å². The summed E-state index contributed by atoms with van der Waals surface area (Å²) in [5.74, 6) is 1.63. The van der Waals surface area contributed by atoms with Crippen molar-refractivity contribution in [3.63, 3.8) is 0 Å². The van der Waals surface area contributed by atoms with Gasteiger partial charge in [-0.3, -0.25) is 4.57 Å². The number of aromatic nitrogens is 2. The van der Waals surface area contributed by atoms with Crippen LogP contribution in [0.15, 0.2) is 36.7 Å². The monoisotopic (exact) mass is 261 g/mol. The van der Waals surface area contributed by atoms with Crippen molar-refractivity contribution >= 4 is 5.95 Å². The fourth-order valence-corrected chi connectivity index (χ4v) is 1.87. The Morgan fingerprint density at radius 2 is 2.11 bits per heavy atom. The lowest BCUT2D eigenvalue weighted by Gasteiger charge is -2.12. The molecule has 1 aromatic carbocycles. The number of imidazole rings is 1. The van der Waals surface area contributed by atoms with Crippen LogP contribution in [0.4, 0.5) is 5.95 Å². The molecule has 0 fully saturated rings.